The second-order valence-corrected chi connectivity index (χ2v) is 4.93. The van der Waals surface area contributed by atoms with Crippen LogP contribution in [0.1, 0.15) is 52.4 Å². The Kier molecular flexibility index (Phi) is 4.90. The summed E-state index contributed by atoms with van der Waals surface area (Å²) >= 11 is 0. The van der Waals surface area contributed by atoms with Crippen molar-refractivity contribution >= 4 is 0 Å². The molecule has 0 aromatic carbocycles. The van der Waals surface area contributed by atoms with Crippen molar-refractivity contribution in [1.82, 2.24) is 0 Å². The van der Waals surface area contributed by atoms with Crippen molar-refractivity contribution in [3.8, 4) is 0 Å². The topological polar surface area (TPSA) is 35.2 Å². The van der Waals surface area contributed by atoms with Gasteiger partial charge in [-0.15, -0.1) is 0 Å². The predicted molar refractivity (Wildman–Crippen MR) is 60.3 cm³/mol. The molecule has 0 radical (unpaired) electrons. The summed E-state index contributed by atoms with van der Waals surface area (Å²) in [6, 6.07) is 0. The van der Waals surface area contributed by atoms with E-state index in [1.54, 1.807) is 0 Å². The molecule has 1 rings (SSSR count). The van der Waals surface area contributed by atoms with Crippen LogP contribution in [0.2, 0.25) is 0 Å². The summed E-state index contributed by atoms with van der Waals surface area (Å²) in [5.74, 6) is 0.815. The third kappa shape index (κ3) is 3.97. The molecule has 14 heavy (non-hydrogen) atoms. The molecule has 2 N–H and O–H groups in total. The van der Waals surface area contributed by atoms with E-state index in [4.69, 9.17) is 10.5 Å². The van der Waals surface area contributed by atoms with E-state index >= 15 is 0 Å². The van der Waals surface area contributed by atoms with Crippen molar-refractivity contribution in [3.63, 3.8) is 0 Å². The van der Waals surface area contributed by atoms with Crippen LogP contribution in [0, 0.1) is 5.92 Å². The van der Waals surface area contributed by atoms with Crippen molar-refractivity contribution in [1.29, 1.82) is 0 Å². The molecule has 0 spiro atoms. The minimum Gasteiger partial charge on any atom is -0.381 e. The third-order valence-corrected chi connectivity index (χ3v) is 3.28. The number of rotatable bonds is 6. The van der Waals surface area contributed by atoms with Crippen molar-refractivity contribution < 1.29 is 4.74 Å². The van der Waals surface area contributed by atoms with Gasteiger partial charge in [-0.05, 0) is 38.0 Å². The lowest BCUT2D eigenvalue weighted by Crippen LogP contribution is -2.38. The molecule has 1 fully saturated rings. The largest absolute Gasteiger partial charge is 0.381 e. The van der Waals surface area contributed by atoms with Gasteiger partial charge < -0.3 is 10.5 Å². The molecule has 1 saturated carbocycles. The van der Waals surface area contributed by atoms with E-state index in [1.165, 1.54) is 32.1 Å². The lowest BCUT2D eigenvalue weighted by atomic mass is 9.94. The molecule has 1 aliphatic rings. The van der Waals surface area contributed by atoms with Gasteiger partial charge in [0.1, 0.15) is 0 Å². The maximum atomic E-state index is 6.28. The fraction of sp³-hybridized carbons (Fsp3) is 1.00. The molecule has 0 saturated heterocycles. The van der Waals surface area contributed by atoms with Crippen molar-refractivity contribution in [2.45, 2.75) is 57.9 Å². The molecule has 0 bridgehead atoms. The Morgan fingerprint density at radius 2 is 2.21 bits per heavy atom. The molecule has 1 aliphatic carbocycles. The monoisotopic (exact) mass is 199 g/mol. The highest BCUT2D eigenvalue weighted by Crippen LogP contribution is 2.34. The highest BCUT2D eigenvalue weighted by Gasteiger charge is 2.32. The van der Waals surface area contributed by atoms with E-state index in [-0.39, 0.29) is 5.54 Å². The molecule has 0 aliphatic heterocycles. The van der Waals surface area contributed by atoms with E-state index < -0.39 is 0 Å². The summed E-state index contributed by atoms with van der Waals surface area (Å²) < 4.78 is 5.56. The summed E-state index contributed by atoms with van der Waals surface area (Å²) in [6.45, 7) is 6.24. The van der Waals surface area contributed by atoms with Crippen molar-refractivity contribution in [2.75, 3.05) is 13.2 Å². The van der Waals surface area contributed by atoms with Crippen LogP contribution >= 0.6 is 0 Å². The minimum atomic E-state index is 0.0889. The molecule has 2 atom stereocenters. The second-order valence-electron chi connectivity index (χ2n) is 4.93. The molecule has 2 heteroatoms. The van der Waals surface area contributed by atoms with Gasteiger partial charge in [-0.25, -0.2) is 0 Å². The number of hydrogen-bond donors (Lipinski definition) is 1. The maximum Gasteiger partial charge on any atom is 0.0483 e. The maximum absolute atomic E-state index is 6.28. The summed E-state index contributed by atoms with van der Waals surface area (Å²) in [5, 5.41) is 0. The Bertz CT molecular complexity index is 160. The zero-order valence-corrected chi connectivity index (χ0v) is 9.72. The number of ether oxygens (including phenoxy) is 1. The van der Waals surface area contributed by atoms with E-state index in [9.17, 15) is 0 Å². The number of unbranched alkanes of at least 4 members (excludes halogenated alkanes) is 1. The highest BCUT2D eigenvalue weighted by molar-refractivity contribution is 4.91. The first-order valence-corrected chi connectivity index (χ1v) is 6.03. The van der Waals surface area contributed by atoms with Gasteiger partial charge >= 0.3 is 0 Å². The van der Waals surface area contributed by atoms with E-state index in [0.29, 0.717) is 0 Å². The Morgan fingerprint density at radius 1 is 1.43 bits per heavy atom. The second kappa shape index (κ2) is 5.72. The van der Waals surface area contributed by atoms with Gasteiger partial charge in [0.25, 0.3) is 0 Å². The molecule has 0 heterocycles. The summed E-state index contributed by atoms with van der Waals surface area (Å²) in [4.78, 5) is 0. The first-order valence-electron chi connectivity index (χ1n) is 6.03. The van der Waals surface area contributed by atoms with Crippen LogP contribution < -0.4 is 5.73 Å². The summed E-state index contributed by atoms with van der Waals surface area (Å²) in [6.07, 6.45) is 7.10. The molecule has 2 nitrogen and oxygen atoms in total. The fourth-order valence-corrected chi connectivity index (χ4v) is 2.28. The van der Waals surface area contributed by atoms with Gasteiger partial charge in [0.2, 0.25) is 0 Å². The average molecular weight is 199 g/mol. The summed E-state index contributed by atoms with van der Waals surface area (Å²) in [5.41, 5.74) is 6.37. The lowest BCUT2D eigenvalue weighted by Gasteiger charge is -2.23. The first-order chi connectivity index (χ1) is 6.66. The molecular formula is C12H25NO. The van der Waals surface area contributed by atoms with Crippen LogP contribution in [-0.4, -0.2) is 18.8 Å². The van der Waals surface area contributed by atoms with Gasteiger partial charge in [0.05, 0.1) is 0 Å². The Labute approximate surface area is 88.2 Å². The van der Waals surface area contributed by atoms with Crippen LogP contribution in [0.4, 0.5) is 0 Å². The third-order valence-electron chi connectivity index (χ3n) is 3.28. The molecule has 0 aromatic rings. The Balaban J connectivity index is 2.05. The number of hydrogen-bond acceptors (Lipinski definition) is 2. The highest BCUT2D eigenvalue weighted by atomic mass is 16.5. The van der Waals surface area contributed by atoms with Crippen LogP contribution in [0.15, 0.2) is 0 Å². The molecule has 2 unspecified atom stereocenters. The van der Waals surface area contributed by atoms with Gasteiger partial charge in [0, 0.05) is 18.8 Å². The predicted octanol–water partition coefficient (Wildman–Crippen LogP) is 2.71. The normalized spacial score (nSPS) is 32.4. The molecular weight excluding hydrogens is 174 g/mol. The fourth-order valence-electron chi connectivity index (χ4n) is 2.28. The smallest absolute Gasteiger partial charge is 0.0483 e. The van der Waals surface area contributed by atoms with Gasteiger partial charge in [0.15, 0.2) is 0 Å². The minimum absolute atomic E-state index is 0.0889. The number of nitrogens with two attached hydrogens (primary N) is 1. The van der Waals surface area contributed by atoms with Crippen LogP contribution in [-0.2, 0) is 4.74 Å². The van der Waals surface area contributed by atoms with Gasteiger partial charge in [-0.2, -0.15) is 0 Å². The van der Waals surface area contributed by atoms with E-state index in [2.05, 4.69) is 13.8 Å². The standard InChI is InChI=1S/C12H25NO/c1-3-4-8-14-9-7-12(13)6-5-11(2)10-12/h11H,3-10,13H2,1-2H3. The van der Waals surface area contributed by atoms with Crippen LogP contribution in [0.25, 0.3) is 0 Å². The van der Waals surface area contributed by atoms with Gasteiger partial charge in [-0.1, -0.05) is 20.3 Å². The molecule has 0 amide bonds. The molecule has 0 aromatic heterocycles. The van der Waals surface area contributed by atoms with E-state index in [0.717, 1.165) is 25.6 Å². The van der Waals surface area contributed by atoms with E-state index in [1.807, 2.05) is 0 Å². The van der Waals surface area contributed by atoms with Crippen LogP contribution in [0.3, 0.4) is 0 Å². The van der Waals surface area contributed by atoms with Gasteiger partial charge in [-0.3, -0.25) is 0 Å². The zero-order valence-electron chi connectivity index (χ0n) is 9.72. The lowest BCUT2D eigenvalue weighted by molar-refractivity contribution is 0.112. The first kappa shape index (κ1) is 12.0. The summed E-state index contributed by atoms with van der Waals surface area (Å²) in [7, 11) is 0. The quantitative estimate of drug-likeness (QED) is 0.668. The van der Waals surface area contributed by atoms with Crippen LogP contribution in [0.5, 0.6) is 0 Å². The van der Waals surface area contributed by atoms with Crippen molar-refractivity contribution in [2.24, 2.45) is 11.7 Å². The average Bonchev–Trinajstić information content (AvgIpc) is 2.47. The SMILES string of the molecule is CCCCOCCC1(N)CCC(C)C1. The Hall–Kier alpha value is -0.0800. The van der Waals surface area contributed by atoms with Crippen molar-refractivity contribution in [3.05, 3.63) is 0 Å². The zero-order chi connectivity index (χ0) is 10.4. The Morgan fingerprint density at radius 3 is 2.79 bits per heavy atom. The molecule has 84 valence electrons.